The number of rotatable bonds is 3. The quantitative estimate of drug-likeness (QED) is 0.561. The predicted octanol–water partition coefficient (Wildman–Crippen LogP) is 4.78. The number of benzene rings is 2. The van der Waals surface area contributed by atoms with Crippen LogP contribution in [0.1, 0.15) is 0 Å². The first-order valence-corrected chi connectivity index (χ1v) is 8.06. The highest BCUT2D eigenvalue weighted by molar-refractivity contribution is 6.00. The average Bonchev–Trinajstić information content (AvgIpc) is 3.08. The Bertz CT molecular complexity index is 1060. The van der Waals surface area contributed by atoms with Crippen LogP contribution < -0.4 is 10.6 Å². The van der Waals surface area contributed by atoms with Crippen LogP contribution in [0.5, 0.6) is 0 Å². The Morgan fingerprint density at radius 3 is 2.65 bits per heavy atom. The lowest BCUT2D eigenvalue weighted by Gasteiger charge is -2.09. The van der Waals surface area contributed by atoms with Gasteiger partial charge in [-0.2, -0.15) is 0 Å². The van der Waals surface area contributed by atoms with E-state index in [2.05, 4.69) is 15.6 Å². The summed E-state index contributed by atoms with van der Waals surface area (Å²) in [5.41, 5.74) is 3.24. The van der Waals surface area contributed by atoms with Gasteiger partial charge in [0.15, 0.2) is 0 Å². The molecule has 0 aliphatic rings. The molecule has 2 aromatic carbocycles. The number of hydrogen-bond donors (Lipinski definition) is 2. The lowest BCUT2D eigenvalue weighted by molar-refractivity contribution is 0.262. The van der Waals surface area contributed by atoms with Crippen molar-refractivity contribution >= 4 is 23.1 Å². The fourth-order valence-corrected chi connectivity index (χ4v) is 2.68. The molecular weight excluding hydrogens is 331 g/mol. The van der Waals surface area contributed by atoms with Crippen LogP contribution in [0.2, 0.25) is 0 Å². The maximum Gasteiger partial charge on any atom is 0.323 e. The van der Waals surface area contributed by atoms with E-state index in [-0.39, 0.29) is 5.69 Å². The summed E-state index contributed by atoms with van der Waals surface area (Å²) in [6.07, 6.45) is 3.85. The third-order valence-electron chi connectivity index (χ3n) is 3.90. The normalized spacial score (nSPS) is 10.7. The van der Waals surface area contributed by atoms with Crippen LogP contribution in [0, 0.1) is 5.82 Å². The number of imidazole rings is 1. The van der Waals surface area contributed by atoms with Crippen molar-refractivity contribution in [2.45, 2.75) is 0 Å². The van der Waals surface area contributed by atoms with Gasteiger partial charge in [0.1, 0.15) is 11.5 Å². The highest BCUT2D eigenvalue weighted by Gasteiger charge is 2.08. The summed E-state index contributed by atoms with van der Waals surface area (Å²) in [7, 11) is 0. The molecule has 0 unspecified atom stereocenters. The van der Waals surface area contributed by atoms with E-state index < -0.39 is 11.8 Å². The molecule has 2 heterocycles. The average molecular weight is 346 g/mol. The molecule has 0 aliphatic heterocycles. The van der Waals surface area contributed by atoms with E-state index in [1.165, 1.54) is 12.1 Å². The Kier molecular flexibility index (Phi) is 4.07. The lowest BCUT2D eigenvalue weighted by Crippen LogP contribution is -2.20. The number of halogens is 1. The first kappa shape index (κ1) is 15.8. The number of carbonyl (C=O) groups is 1. The van der Waals surface area contributed by atoms with Gasteiger partial charge in [0.05, 0.1) is 11.4 Å². The number of para-hydroxylation sites is 1. The molecule has 2 N–H and O–H groups in total. The molecule has 0 spiro atoms. The number of fused-ring (bicyclic) bond motifs is 1. The minimum Gasteiger partial charge on any atom is -0.308 e. The zero-order chi connectivity index (χ0) is 17.9. The van der Waals surface area contributed by atoms with Crippen LogP contribution in [0.25, 0.3) is 16.9 Å². The Morgan fingerprint density at radius 2 is 1.81 bits per heavy atom. The second kappa shape index (κ2) is 6.68. The van der Waals surface area contributed by atoms with Gasteiger partial charge in [0.2, 0.25) is 0 Å². The summed E-state index contributed by atoms with van der Waals surface area (Å²) in [5, 5.41) is 5.20. The van der Waals surface area contributed by atoms with Crippen molar-refractivity contribution < 1.29 is 9.18 Å². The number of pyridine rings is 1. The van der Waals surface area contributed by atoms with Crippen molar-refractivity contribution in [2.24, 2.45) is 0 Å². The second-order valence-electron chi connectivity index (χ2n) is 5.73. The van der Waals surface area contributed by atoms with E-state index >= 15 is 0 Å². The van der Waals surface area contributed by atoms with Crippen molar-refractivity contribution in [1.82, 2.24) is 9.38 Å². The smallest absolute Gasteiger partial charge is 0.308 e. The molecule has 0 atom stereocenters. The van der Waals surface area contributed by atoms with E-state index in [4.69, 9.17) is 0 Å². The summed E-state index contributed by atoms with van der Waals surface area (Å²) in [6.45, 7) is 0. The van der Waals surface area contributed by atoms with Gasteiger partial charge in [-0.15, -0.1) is 0 Å². The summed E-state index contributed by atoms with van der Waals surface area (Å²) in [4.78, 5) is 16.7. The molecule has 6 heteroatoms. The molecule has 4 aromatic rings. The fraction of sp³-hybridized carbons (Fsp3) is 0. The zero-order valence-corrected chi connectivity index (χ0v) is 13.7. The molecule has 0 saturated carbocycles. The Hall–Kier alpha value is -3.67. The van der Waals surface area contributed by atoms with Gasteiger partial charge in [-0.25, -0.2) is 14.2 Å². The summed E-state index contributed by atoms with van der Waals surface area (Å²) < 4.78 is 15.6. The van der Waals surface area contributed by atoms with Crippen molar-refractivity contribution in [3.05, 3.63) is 84.9 Å². The minimum atomic E-state index is -0.512. The third kappa shape index (κ3) is 3.25. The van der Waals surface area contributed by atoms with E-state index in [0.717, 1.165) is 16.9 Å². The second-order valence-corrected chi connectivity index (χ2v) is 5.73. The summed E-state index contributed by atoms with van der Waals surface area (Å²) in [5.74, 6) is -0.485. The van der Waals surface area contributed by atoms with Crippen LogP contribution in [0.3, 0.4) is 0 Å². The highest BCUT2D eigenvalue weighted by Crippen LogP contribution is 2.23. The van der Waals surface area contributed by atoms with Gasteiger partial charge in [-0.1, -0.05) is 30.3 Å². The molecule has 0 saturated heterocycles. The molecule has 2 aromatic heterocycles. The number of hydrogen-bond acceptors (Lipinski definition) is 2. The topological polar surface area (TPSA) is 58.4 Å². The molecule has 2 amide bonds. The Labute approximate surface area is 149 Å². The van der Waals surface area contributed by atoms with Crippen LogP contribution in [0.4, 0.5) is 20.6 Å². The number of carbonyl (C=O) groups excluding carboxylic acids is 1. The SMILES string of the molecule is O=C(Nc1cccc(-c2cn3ccccc3n2)c1)Nc1ccccc1F. The molecule has 128 valence electrons. The van der Waals surface area contributed by atoms with E-state index in [1.54, 1.807) is 18.2 Å². The fourth-order valence-electron chi connectivity index (χ4n) is 2.68. The molecule has 4 rings (SSSR count). The number of nitrogens with zero attached hydrogens (tertiary/aromatic N) is 2. The van der Waals surface area contributed by atoms with Gasteiger partial charge in [0, 0.05) is 23.6 Å². The minimum absolute atomic E-state index is 0.126. The van der Waals surface area contributed by atoms with Crippen LogP contribution in [0.15, 0.2) is 79.1 Å². The van der Waals surface area contributed by atoms with E-state index in [9.17, 15) is 9.18 Å². The molecule has 0 radical (unpaired) electrons. The molecule has 0 bridgehead atoms. The number of anilines is 2. The van der Waals surface area contributed by atoms with Crippen LogP contribution >= 0.6 is 0 Å². The van der Waals surface area contributed by atoms with E-state index in [1.807, 2.05) is 53.2 Å². The highest BCUT2D eigenvalue weighted by atomic mass is 19.1. The predicted molar refractivity (Wildman–Crippen MR) is 99.7 cm³/mol. The Morgan fingerprint density at radius 1 is 0.962 bits per heavy atom. The number of urea groups is 1. The van der Waals surface area contributed by atoms with Gasteiger partial charge in [0.25, 0.3) is 0 Å². The molecule has 0 aliphatic carbocycles. The number of amides is 2. The monoisotopic (exact) mass is 346 g/mol. The maximum atomic E-state index is 13.6. The molecular formula is C20H15FN4O. The van der Waals surface area contributed by atoms with Crippen LogP contribution in [-0.4, -0.2) is 15.4 Å². The number of aromatic nitrogens is 2. The van der Waals surface area contributed by atoms with Crippen molar-refractivity contribution in [3.63, 3.8) is 0 Å². The first-order valence-electron chi connectivity index (χ1n) is 8.06. The Balaban J connectivity index is 1.54. The van der Waals surface area contributed by atoms with Gasteiger partial charge >= 0.3 is 6.03 Å². The molecule has 26 heavy (non-hydrogen) atoms. The van der Waals surface area contributed by atoms with Gasteiger partial charge < -0.3 is 15.0 Å². The summed E-state index contributed by atoms with van der Waals surface area (Å²) in [6, 6.07) is 18.6. The van der Waals surface area contributed by atoms with Crippen molar-refractivity contribution in [2.75, 3.05) is 10.6 Å². The summed E-state index contributed by atoms with van der Waals surface area (Å²) >= 11 is 0. The van der Waals surface area contributed by atoms with Gasteiger partial charge in [-0.05, 0) is 36.4 Å². The van der Waals surface area contributed by atoms with E-state index in [0.29, 0.717) is 5.69 Å². The van der Waals surface area contributed by atoms with Crippen molar-refractivity contribution in [1.29, 1.82) is 0 Å². The zero-order valence-electron chi connectivity index (χ0n) is 13.7. The van der Waals surface area contributed by atoms with Gasteiger partial charge in [-0.3, -0.25) is 0 Å². The lowest BCUT2D eigenvalue weighted by atomic mass is 10.1. The first-order chi connectivity index (χ1) is 12.7. The van der Waals surface area contributed by atoms with Crippen molar-refractivity contribution in [3.8, 4) is 11.3 Å². The third-order valence-corrected chi connectivity index (χ3v) is 3.90. The standard InChI is InChI=1S/C20H15FN4O/c21-16-8-1-2-9-17(16)24-20(26)22-15-7-5-6-14(12-15)18-13-25-11-4-3-10-19(25)23-18/h1-13H,(H2,22,24,26). The number of nitrogens with one attached hydrogen (secondary N) is 2. The largest absolute Gasteiger partial charge is 0.323 e. The molecule has 5 nitrogen and oxygen atoms in total. The molecule has 0 fully saturated rings. The maximum absolute atomic E-state index is 13.6. The van der Waals surface area contributed by atoms with Crippen LogP contribution in [-0.2, 0) is 0 Å².